The first-order valence-corrected chi connectivity index (χ1v) is 11.9. The van der Waals surface area contributed by atoms with Crippen LogP contribution in [0.4, 0.5) is 5.69 Å². The molecule has 0 radical (unpaired) electrons. The lowest BCUT2D eigenvalue weighted by Crippen LogP contribution is -2.41. The molecule has 0 aromatic heterocycles. The SMILES string of the molecule is COc1ccc([C@H](C)NC(=O)CN(c2ccccc2OC)S(=O)(=O)c2ccc(C)cc2)cc1. The lowest BCUT2D eigenvalue weighted by Gasteiger charge is -2.26. The molecule has 1 atom stereocenters. The Morgan fingerprint density at radius 2 is 1.58 bits per heavy atom. The summed E-state index contributed by atoms with van der Waals surface area (Å²) in [5.41, 5.74) is 2.09. The molecule has 0 aliphatic carbocycles. The number of aryl methyl sites for hydroxylation is 1. The first-order valence-electron chi connectivity index (χ1n) is 10.4. The number of carbonyl (C=O) groups excluding carboxylic acids is 1. The highest BCUT2D eigenvalue weighted by atomic mass is 32.2. The molecule has 0 spiro atoms. The highest BCUT2D eigenvalue weighted by Gasteiger charge is 2.29. The number of benzene rings is 3. The Hall–Kier alpha value is -3.52. The Labute approximate surface area is 195 Å². The van der Waals surface area contributed by atoms with Crippen molar-refractivity contribution in [1.29, 1.82) is 0 Å². The van der Waals surface area contributed by atoms with Crippen molar-refractivity contribution >= 4 is 21.6 Å². The molecule has 3 aromatic carbocycles. The second-order valence-corrected chi connectivity index (χ2v) is 9.42. The number of carbonyl (C=O) groups is 1. The van der Waals surface area contributed by atoms with Crippen LogP contribution in [0.25, 0.3) is 0 Å². The third kappa shape index (κ3) is 5.64. The fourth-order valence-corrected chi connectivity index (χ4v) is 4.80. The molecular weight excluding hydrogens is 440 g/mol. The zero-order valence-corrected chi connectivity index (χ0v) is 19.9. The van der Waals surface area contributed by atoms with E-state index in [1.165, 1.54) is 19.2 Å². The largest absolute Gasteiger partial charge is 0.497 e. The van der Waals surface area contributed by atoms with E-state index in [4.69, 9.17) is 9.47 Å². The van der Waals surface area contributed by atoms with Gasteiger partial charge in [0.25, 0.3) is 10.0 Å². The van der Waals surface area contributed by atoms with E-state index in [-0.39, 0.29) is 16.6 Å². The third-order valence-corrected chi connectivity index (χ3v) is 7.02. The van der Waals surface area contributed by atoms with Gasteiger partial charge in [0.15, 0.2) is 0 Å². The van der Waals surface area contributed by atoms with Crippen LogP contribution in [0.2, 0.25) is 0 Å². The molecule has 0 fully saturated rings. The fourth-order valence-electron chi connectivity index (χ4n) is 3.37. The van der Waals surface area contributed by atoms with Gasteiger partial charge in [-0.2, -0.15) is 0 Å². The van der Waals surface area contributed by atoms with Crippen molar-refractivity contribution in [3.63, 3.8) is 0 Å². The van der Waals surface area contributed by atoms with E-state index in [9.17, 15) is 13.2 Å². The number of rotatable bonds is 9. The van der Waals surface area contributed by atoms with Crippen LogP contribution in [-0.4, -0.2) is 35.1 Å². The van der Waals surface area contributed by atoms with Gasteiger partial charge in [-0.1, -0.05) is 42.0 Å². The lowest BCUT2D eigenvalue weighted by molar-refractivity contribution is -0.120. The second-order valence-electron chi connectivity index (χ2n) is 7.56. The van der Waals surface area contributed by atoms with Gasteiger partial charge in [-0.15, -0.1) is 0 Å². The van der Waals surface area contributed by atoms with Gasteiger partial charge in [0.2, 0.25) is 5.91 Å². The zero-order chi connectivity index (χ0) is 24.0. The van der Waals surface area contributed by atoms with E-state index < -0.39 is 22.5 Å². The van der Waals surface area contributed by atoms with Gasteiger partial charge >= 0.3 is 0 Å². The van der Waals surface area contributed by atoms with Crippen molar-refractivity contribution < 1.29 is 22.7 Å². The van der Waals surface area contributed by atoms with Crippen molar-refractivity contribution in [3.8, 4) is 11.5 Å². The fraction of sp³-hybridized carbons (Fsp3) is 0.240. The van der Waals surface area contributed by atoms with Gasteiger partial charge < -0.3 is 14.8 Å². The van der Waals surface area contributed by atoms with Gasteiger partial charge in [-0.25, -0.2) is 8.42 Å². The Morgan fingerprint density at radius 3 is 2.18 bits per heavy atom. The van der Waals surface area contributed by atoms with E-state index in [2.05, 4.69) is 5.32 Å². The predicted octanol–water partition coefficient (Wildman–Crippen LogP) is 4.08. The summed E-state index contributed by atoms with van der Waals surface area (Å²) in [6.45, 7) is 3.31. The van der Waals surface area contributed by atoms with Crippen molar-refractivity contribution in [2.24, 2.45) is 0 Å². The maximum Gasteiger partial charge on any atom is 0.264 e. The lowest BCUT2D eigenvalue weighted by atomic mass is 10.1. The number of amides is 1. The molecule has 1 amide bonds. The standard InChI is InChI=1S/C25H28N2O5S/c1-18-9-15-22(16-10-18)33(29,30)27(23-7-5-6-8-24(23)32-4)17-25(28)26-19(2)20-11-13-21(31-3)14-12-20/h5-16,19H,17H2,1-4H3,(H,26,28)/t19-/m0/s1. The summed E-state index contributed by atoms with van der Waals surface area (Å²) in [4.78, 5) is 13.1. The van der Waals surface area contributed by atoms with Crippen LogP contribution in [0.1, 0.15) is 24.1 Å². The summed E-state index contributed by atoms with van der Waals surface area (Å²) >= 11 is 0. The summed E-state index contributed by atoms with van der Waals surface area (Å²) in [7, 11) is -0.988. The molecule has 3 rings (SSSR count). The first kappa shape index (κ1) is 24.1. The molecule has 0 saturated heterocycles. The third-order valence-electron chi connectivity index (χ3n) is 5.24. The Kier molecular flexibility index (Phi) is 7.60. The highest BCUT2D eigenvalue weighted by Crippen LogP contribution is 2.32. The topological polar surface area (TPSA) is 84.9 Å². The quantitative estimate of drug-likeness (QED) is 0.511. The number of hydrogen-bond acceptors (Lipinski definition) is 5. The highest BCUT2D eigenvalue weighted by molar-refractivity contribution is 7.92. The van der Waals surface area contributed by atoms with Gasteiger partial charge in [0.05, 0.1) is 30.8 Å². The summed E-state index contributed by atoms with van der Waals surface area (Å²) < 4.78 is 38.7. The average Bonchev–Trinajstić information content (AvgIpc) is 2.82. The van der Waals surface area contributed by atoms with Gasteiger partial charge in [0.1, 0.15) is 18.0 Å². The van der Waals surface area contributed by atoms with Crippen LogP contribution in [0, 0.1) is 6.92 Å². The number of ether oxygens (including phenoxy) is 2. The molecule has 1 N–H and O–H groups in total. The summed E-state index contributed by atoms with van der Waals surface area (Å²) in [6, 6.07) is 20.2. The Morgan fingerprint density at radius 1 is 0.939 bits per heavy atom. The second kappa shape index (κ2) is 10.4. The minimum Gasteiger partial charge on any atom is -0.497 e. The van der Waals surface area contributed by atoms with E-state index in [0.717, 1.165) is 15.4 Å². The van der Waals surface area contributed by atoms with Gasteiger partial charge in [-0.05, 0) is 55.8 Å². The van der Waals surface area contributed by atoms with Crippen molar-refractivity contribution in [3.05, 3.63) is 83.9 Å². The molecule has 0 saturated carbocycles. The van der Waals surface area contributed by atoms with Crippen LogP contribution in [0.15, 0.2) is 77.7 Å². The molecule has 0 aliphatic heterocycles. The van der Waals surface area contributed by atoms with Crippen LogP contribution < -0.4 is 19.1 Å². The molecular formula is C25H28N2O5S. The number of sulfonamides is 1. The molecule has 0 bridgehead atoms. The summed E-state index contributed by atoms with van der Waals surface area (Å²) in [5, 5.41) is 2.88. The first-order chi connectivity index (χ1) is 15.8. The molecule has 8 heteroatoms. The Bertz CT molecular complexity index is 1190. The Balaban J connectivity index is 1.90. The number of para-hydroxylation sites is 2. The molecule has 0 heterocycles. The molecule has 3 aromatic rings. The van der Waals surface area contributed by atoms with Gasteiger partial charge in [-0.3, -0.25) is 9.10 Å². The van der Waals surface area contributed by atoms with Gasteiger partial charge in [0, 0.05) is 0 Å². The molecule has 0 aliphatic rings. The monoisotopic (exact) mass is 468 g/mol. The minimum absolute atomic E-state index is 0.0926. The van der Waals surface area contributed by atoms with Crippen molar-refractivity contribution in [1.82, 2.24) is 5.32 Å². The number of anilines is 1. The number of hydrogen-bond donors (Lipinski definition) is 1. The van der Waals surface area contributed by atoms with Crippen LogP contribution in [0.3, 0.4) is 0 Å². The maximum atomic E-state index is 13.6. The van der Waals surface area contributed by atoms with E-state index in [1.807, 2.05) is 26.0 Å². The molecule has 174 valence electrons. The van der Waals surface area contributed by atoms with E-state index in [1.54, 1.807) is 55.6 Å². The average molecular weight is 469 g/mol. The normalized spacial score (nSPS) is 12.0. The van der Waals surface area contributed by atoms with E-state index in [0.29, 0.717) is 11.5 Å². The molecule has 33 heavy (non-hydrogen) atoms. The number of nitrogens with one attached hydrogen (secondary N) is 1. The maximum absolute atomic E-state index is 13.6. The smallest absolute Gasteiger partial charge is 0.264 e. The minimum atomic E-state index is -4.03. The number of methoxy groups -OCH3 is 2. The number of nitrogens with zero attached hydrogens (tertiary/aromatic N) is 1. The predicted molar refractivity (Wildman–Crippen MR) is 128 cm³/mol. The van der Waals surface area contributed by atoms with Crippen molar-refractivity contribution in [2.45, 2.75) is 24.8 Å². The van der Waals surface area contributed by atoms with Crippen LogP contribution in [0.5, 0.6) is 11.5 Å². The zero-order valence-electron chi connectivity index (χ0n) is 19.1. The van der Waals surface area contributed by atoms with Crippen molar-refractivity contribution in [2.75, 3.05) is 25.1 Å². The van der Waals surface area contributed by atoms with Crippen LogP contribution in [-0.2, 0) is 14.8 Å². The molecule has 0 unspecified atom stereocenters. The molecule has 7 nitrogen and oxygen atoms in total. The van der Waals surface area contributed by atoms with Crippen LogP contribution >= 0.6 is 0 Å². The summed E-state index contributed by atoms with van der Waals surface area (Å²) in [5.74, 6) is 0.618. The summed E-state index contributed by atoms with van der Waals surface area (Å²) in [6.07, 6.45) is 0. The van der Waals surface area contributed by atoms with E-state index >= 15 is 0 Å².